The third-order valence-electron chi connectivity index (χ3n) is 5.67. The number of ether oxygens (including phenoxy) is 3. The molecule has 2 aromatic rings. The van der Waals surface area contributed by atoms with Gasteiger partial charge >= 0.3 is 0 Å². The maximum Gasteiger partial charge on any atom is 0.244 e. The molecule has 2 aliphatic heterocycles. The van der Waals surface area contributed by atoms with Gasteiger partial charge in [0, 0.05) is 50.9 Å². The van der Waals surface area contributed by atoms with Gasteiger partial charge in [-0.3, -0.25) is 9.59 Å². The molecule has 0 aromatic heterocycles. The first-order valence-electron chi connectivity index (χ1n) is 11.2. The zero-order valence-electron chi connectivity index (χ0n) is 18.8. The number of amides is 2. The predicted molar refractivity (Wildman–Crippen MR) is 126 cm³/mol. The highest BCUT2D eigenvalue weighted by molar-refractivity contribution is 5.92. The van der Waals surface area contributed by atoms with Crippen LogP contribution in [-0.2, 0) is 9.59 Å². The van der Waals surface area contributed by atoms with Gasteiger partial charge < -0.3 is 29.3 Å². The smallest absolute Gasteiger partial charge is 0.244 e. The SMILES string of the molecule is COc1cc(/C=C/C(=O)NCCC(=O)N2CCN(c3ccccc3)CC2)cc2c1OCCO2. The summed E-state index contributed by atoms with van der Waals surface area (Å²) in [5.41, 5.74) is 1.94. The van der Waals surface area contributed by atoms with E-state index in [9.17, 15) is 9.59 Å². The largest absolute Gasteiger partial charge is 0.493 e. The number of anilines is 1. The van der Waals surface area contributed by atoms with Crippen molar-refractivity contribution in [3.05, 3.63) is 54.1 Å². The predicted octanol–water partition coefficient (Wildman–Crippen LogP) is 2.33. The van der Waals surface area contributed by atoms with Crippen LogP contribution in [0.5, 0.6) is 17.2 Å². The van der Waals surface area contributed by atoms with Gasteiger partial charge in [0.05, 0.1) is 7.11 Å². The minimum absolute atomic E-state index is 0.0589. The topological polar surface area (TPSA) is 80.3 Å². The summed E-state index contributed by atoms with van der Waals surface area (Å²) in [5, 5.41) is 2.78. The first kappa shape index (κ1) is 22.5. The molecule has 33 heavy (non-hydrogen) atoms. The quantitative estimate of drug-likeness (QED) is 0.651. The lowest BCUT2D eigenvalue weighted by Crippen LogP contribution is -2.49. The summed E-state index contributed by atoms with van der Waals surface area (Å²) < 4.78 is 16.6. The maximum absolute atomic E-state index is 12.5. The number of carbonyl (C=O) groups is 2. The van der Waals surface area contributed by atoms with Crippen LogP contribution in [-0.4, -0.2) is 69.8 Å². The number of rotatable bonds is 7. The number of piperazine rings is 1. The Morgan fingerprint density at radius 2 is 1.82 bits per heavy atom. The number of nitrogens with zero attached hydrogens (tertiary/aromatic N) is 2. The van der Waals surface area contributed by atoms with Crippen LogP contribution in [0.2, 0.25) is 0 Å². The van der Waals surface area contributed by atoms with E-state index in [-0.39, 0.29) is 18.2 Å². The van der Waals surface area contributed by atoms with Crippen molar-refractivity contribution in [2.75, 3.05) is 57.9 Å². The first-order valence-corrected chi connectivity index (χ1v) is 11.2. The third-order valence-corrected chi connectivity index (χ3v) is 5.67. The van der Waals surface area contributed by atoms with Gasteiger partial charge in [-0.1, -0.05) is 18.2 Å². The Morgan fingerprint density at radius 3 is 2.58 bits per heavy atom. The number of hydrogen-bond acceptors (Lipinski definition) is 6. The van der Waals surface area contributed by atoms with E-state index in [1.165, 1.54) is 11.8 Å². The Balaban J connectivity index is 1.21. The number of hydrogen-bond donors (Lipinski definition) is 1. The Hall–Kier alpha value is -3.68. The highest BCUT2D eigenvalue weighted by atomic mass is 16.6. The first-order chi connectivity index (χ1) is 16.1. The van der Waals surface area contributed by atoms with Crippen molar-refractivity contribution in [3.63, 3.8) is 0 Å². The fourth-order valence-corrected chi connectivity index (χ4v) is 3.92. The fourth-order valence-electron chi connectivity index (χ4n) is 3.92. The Kier molecular flexibility index (Phi) is 7.34. The third kappa shape index (κ3) is 5.77. The molecular formula is C25H29N3O5. The van der Waals surface area contributed by atoms with E-state index in [0.29, 0.717) is 50.1 Å². The van der Waals surface area contributed by atoms with E-state index >= 15 is 0 Å². The molecule has 1 N–H and O–H groups in total. The summed E-state index contributed by atoms with van der Waals surface area (Å²) in [4.78, 5) is 28.9. The standard InChI is InChI=1S/C25H29N3O5/c1-31-21-17-19(18-22-25(21)33-16-15-32-22)7-8-23(29)26-10-9-24(30)28-13-11-27(12-14-28)20-5-3-2-4-6-20/h2-8,17-18H,9-16H2,1H3,(H,26,29)/b8-7+. The molecule has 4 rings (SSSR count). The average Bonchev–Trinajstić information content (AvgIpc) is 2.87. The fraction of sp³-hybridized carbons (Fsp3) is 0.360. The van der Waals surface area contributed by atoms with Crippen LogP contribution in [0.25, 0.3) is 6.08 Å². The molecule has 8 nitrogen and oxygen atoms in total. The minimum atomic E-state index is -0.259. The van der Waals surface area contributed by atoms with Crippen LogP contribution in [0.3, 0.4) is 0 Å². The van der Waals surface area contributed by atoms with Crippen LogP contribution < -0.4 is 24.4 Å². The van der Waals surface area contributed by atoms with E-state index in [0.717, 1.165) is 18.7 Å². The monoisotopic (exact) mass is 451 g/mol. The lowest BCUT2D eigenvalue weighted by Gasteiger charge is -2.36. The van der Waals surface area contributed by atoms with Crippen molar-refractivity contribution >= 4 is 23.6 Å². The minimum Gasteiger partial charge on any atom is -0.493 e. The molecule has 2 heterocycles. The molecule has 0 spiro atoms. The van der Waals surface area contributed by atoms with E-state index < -0.39 is 0 Å². The molecule has 2 aromatic carbocycles. The van der Waals surface area contributed by atoms with Crippen molar-refractivity contribution in [1.82, 2.24) is 10.2 Å². The maximum atomic E-state index is 12.5. The number of methoxy groups -OCH3 is 1. The molecule has 0 atom stereocenters. The van der Waals surface area contributed by atoms with Gasteiger partial charge in [-0.25, -0.2) is 0 Å². The number of fused-ring (bicyclic) bond motifs is 1. The molecule has 0 saturated carbocycles. The molecule has 0 bridgehead atoms. The Bertz CT molecular complexity index is 983. The summed E-state index contributed by atoms with van der Waals surface area (Å²) in [6.45, 7) is 4.24. The second-order valence-electron chi connectivity index (χ2n) is 7.83. The van der Waals surface area contributed by atoms with Crippen molar-refractivity contribution in [3.8, 4) is 17.2 Å². The summed E-state index contributed by atoms with van der Waals surface area (Å²) in [6.07, 6.45) is 3.40. The van der Waals surface area contributed by atoms with Gasteiger partial charge in [0.15, 0.2) is 11.5 Å². The molecular weight excluding hydrogens is 422 g/mol. The molecule has 2 aliphatic rings. The van der Waals surface area contributed by atoms with E-state index in [1.807, 2.05) is 23.1 Å². The van der Waals surface area contributed by atoms with Gasteiger partial charge in [-0.05, 0) is 35.9 Å². The van der Waals surface area contributed by atoms with E-state index in [4.69, 9.17) is 14.2 Å². The molecule has 0 radical (unpaired) electrons. The van der Waals surface area contributed by atoms with Gasteiger partial charge in [-0.2, -0.15) is 0 Å². The van der Waals surface area contributed by atoms with Crippen molar-refractivity contribution in [2.45, 2.75) is 6.42 Å². The number of para-hydroxylation sites is 1. The molecule has 1 fully saturated rings. The number of carbonyl (C=O) groups excluding carboxylic acids is 2. The van der Waals surface area contributed by atoms with Crippen LogP contribution in [0.4, 0.5) is 5.69 Å². The number of nitrogens with one attached hydrogen (secondary N) is 1. The highest BCUT2D eigenvalue weighted by Crippen LogP contribution is 2.40. The Morgan fingerprint density at radius 1 is 1.06 bits per heavy atom. The zero-order chi connectivity index (χ0) is 23.0. The van der Waals surface area contributed by atoms with E-state index in [2.05, 4.69) is 22.3 Å². The lowest BCUT2D eigenvalue weighted by molar-refractivity contribution is -0.131. The average molecular weight is 452 g/mol. The van der Waals surface area contributed by atoms with E-state index in [1.54, 1.807) is 25.3 Å². The highest BCUT2D eigenvalue weighted by Gasteiger charge is 2.21. The second kappa shape index (κ2) is 10.8. The van der Waals surface area contributed by atoms with Crippen LogP contribution in [0, 0.1) is 0 Å². The molecule has 0 unspecified atom stereocenters. The second-order valence-corrected chi connectivity index (χ2v) is 7.83. The molecule has 8 heteroatoms. The van der Waals surface area contributed by atoms with Crippen molar-refractivity contribution in [1.29, 1.82) is 0 Å². The van der Waals surface area contributed by atoms with Crippen molar-refractivity contribution in [2.24, 2.45) is 0 Å². The Labute approximate surface area is 193 Å². The summed E-state index contributed by atoms with van der Waals surface area (Å²) in [7, 11) is 1.56. The van der Waals surface area contributed by atoms with Gasteiger partial charge in [0.1, 0.15) is 13.2 Å². The lowest BCUT2D eigenvalue weighted by atomic mass is 10.1. The molecule has 174 valence electrons. The molecule has 1 saturated heterocycles. The van der Waals surface area contributed by atoms with Gasteiger partial charge in [0.25, 0.3) is 0 Å². The van der Waals surface area contributed by atoms with Crippen LogP contribution in [0.15, 0.2) is 48.5 Å². The van der Waals surface area contributed by atoms with Gasteiger partial charge in [-0.15, -0.1) is 0 Å². The van der Waals surface area contributed by atoms with Crippen LogP contribution >= 0.6 is 0 Å². The zero-order valence-corrected chi connectivity index (χ0v) is 18.8. The summed E-state index contributed by atoms with van der Waals surface area (Å²) in [5.74, 6) is 1.53. The molecule has 0 aliphatic carbocycles. The molecule has 2 amide bonds. The van der Waals surface area contributed by atoms with Crippen molar-refractivity contribution < 1.29 is 23.8 Å². The van der Waals surface area contributed by atoms with Gasteiger partial charge in [0.2, 0.25) is 17.6 Å². The summed E-state index contributed by atoms with van der Waals surface area (Å²) >= 11 is 0. The summed E-state index contributed by atoms with van der Waals surface area (Å²) in [6, 6.07) is 13.8. The number of benzene rings is 2. The normalized spacial score (nSPS) is 15.4. The van der Waals surface area contributed by atoms with Crippen LogP contribution in [0.1, 0.15) is 12.0 Å².